The van der Waals surface area contributed by atoms with Crippen LogP contribution in [0.3, 0.4) is 0 Å². The molecule has 3 aromatic rings. The van der Waals surface area contributed by atoms with E-state index in [1.54, 1.807) is 31.2 Å². The molecule has 0 aliphatic carbocycles. The van der Waals surface area contributed by atoms with Gasteiger partial charge in [0.15, 0.2) is 0 Å². The molecule has 1 fully saturated rings. The van der Waals surface area contributed by atoms with Crippen LogP contribution in [0.4, 0.5) is 11.4 Å². The van der Waals surface area contributed by atoms with E-state index in [2.05, 4.69) is 20.8 Å². The summed E-state index contributed by atoms with van der Waals surface area (Å²) in [6, 6.07) is 15.3. The second kappa shape index (κ2) is 10.4. The molecule has 2 aromatic carbocycles. The van der Waals surface area contributed by atoms with Crippen molar-refractivity contribution in [1.82, 2.24) is 14.5 Å². The lowest BCUT2D eigenvalue weighted by Crippen LogP contribution is -2.39. The molecule has 1 unspecified atom stereocenters. The van der Waals surface area contributed by atoms with Crippen molar-refractivity contribution >= 4 is 44.5 Å². The highest BCUT2D eigenvalue weighted by atomic mass is 32.2. The standard InChI is InChI=1S/C23H25N5O4S2/c1-2-20(29)24-18-10-12-19(13-11-18)34(31,32)28-14-6-7-16(15-28)22-26-27-23(33-22)21(30)25-17-8-4-3-5-9-17/h3-5,8-13,16H,2,6-7,14-15H2,1H3,(H,24,29)(H,25,30). The summed E-state index contributed by atoms with van der Waals surface area (Å²) >= 11 is 1.19. The minimum atomic E-state index is -3.71. The number of sulfonamides is 1. The van der Waals surface area contributed by atoms with Crippen LogP contribution in [0.2, 0.25) is 0 Å². The van der Waals surface area contributed by atoms with E-state index in [4.69, 9.17) is 0 Å². The molecule has 178 valence electrons. The van der Waals surface area contributed by atoms with Crippen LogP contribution >= 0.6 is 11.3 Å². The smallest absolute Gasteiger partial charge is 0.286 e. The molecular formula is C23H25N5O4S2. The van der Waals surface area contributed by atoms with Gasteiger partial charge in [0.2, 0.25) is 20.9 Å². The van der Waals surface area contributed by atoms with Crippen LogP contribution in [0, 0.1) is 0 Å². The van der Waals surface area contributed by atoms with Gasteiger partial charge in [-0.2, -0.15) is 4.31 Å². The quantitative estimate of drug-likeness (QED) is 0.511. The van der Waals surface area contributed by atoms with Crippen molar-refractivity contribution in [1.29, 1.82) is 0 Å². The third kappa shape index (κ3) is 5.49. The Morgan fingerprint density at radius 2 is 1.74 bits per heavy atom. The van der Waals surface area contributed by atoms with Crippen LogP contribution in [0.5, 0.6) is 0 Å². The minimum absolute atomic E-state index is 0.136. The molecule has 1 atom stereocenters. The number of nitrogens with zero attached hydrogens (tertiary/aromatic N) is 3. The Morgan fingerprint density at radius 1 is 1.03 bits per heavy atom. The van der Waals surface area contributed by atoms with Gasteiger partial charge in [0.1, 0.15) is 5.01 Å². The summed E-state index contributed by atoms with van der Waals surface area (Å²) in [5.41, 5.74) is 1.22. The maximum Gasteiger partial charge on any atom is 0.286 e. The topological polar surface area (TPSA) is 121 Å². The first-order chi connectivity index (χ1) is 16.4. The van der Waals surface area contributed by atoms with Crippen LogP contribution in [0.25, 0.3) is 0 Å². The molecular weight excluding hydrogens is 474 g/mol. The molecule has 34 heavy (non-hydrogen) atoms. The first-order valence-corrected chi connectivity index (χ1v) is 13.2. The van der Waals surface area contributed by atoms with Crippen molar-refractivity contribution < 1.29 is 18.0 Å². The van der Waals surface area contributed by atoms with Crippen LogP contribution < -0.4 is 10.6 Å². The Balaban J connectivity index is 1.44. The number of nitrogens with one attached hydrogen (secondary N) is 2. The molecule has 2 N–H and O–H groups in total. The number of amides is 2. The summed E-state index contributed by atoms with van der Waals surface area (Å²) in [6.45, 7) is 2.43. The normalized spacial score (nSPS) is 16.7. The molecule has 0 bridgehead atoms. The third-order valence-corrected chi connectivity index (χ3v) is 8.46. The van der Waals surface area contributed by atoms with Gasteiger partial charge < -0.3 is 10.6 Å². The Hall–Kier alpha value is -3.15. The Labute approximate surface area is 202 Å². The molecule has 2 amide bonds. The zero-order valence-corrected chi connectivity index (χ0v) is 20.2. The summed E-state index contributed by atoms with van der Waals surface area (Å²) in [7, 11) is -3.71. The van der Waals surface area contributed by atoms with Gasteiger partial charge in [0.25, 0.3) is 5.91 Å². The number of aromatic nitrogens is 2. The molecule has 2 heterocycles. The fourth-order valence-electron chi connectivity index (χ4n) is 3.67. The summed E-state index contributed by atoms with van der Waals surface area (Å²) in [5, 5.41) is 14.6. The van der Waals surface area contributed by atoms with E-state index in [9.17, 15) is 18.0 Å². The van der Waals surface area contributed by atoms with Crippen LogP contribution in [-0.4, -0.2) is 47.8 Å². The zero-order chi connectivity index (χ0) is 24.1. The second-order valence-corrected chi connectivity index (χ2v) is 10.8. The van der Waals surface area contributed by atoms with Gasteiger partial charge in [0.05, 0.1) is 4.90 Å². The number of carbonyl (C=O) groups is 2. The van der Waals surface area contributed by atoms with Gasteiger partial charge >= 0.3 is 0 Å². The summed E-state index contributed by atoms with van der Waals surface area (Å²) in [6.07, 6.45) is 1.79. The van der Waals surface area contributed by atoms with Crippen molar-refractivity contribution in [2.75, 3.05) is 23.7 Å². The number of hydrogen-bond donors (Lipinski definition) is 2. The van der Waals surface area contributed by atoms with Gasteiger partial charge in [-0.25, -0.2) is 8.42 Å². The maximum absolute atomic E-state index is 13.2. The number of piperidine rings is 1. The predicted octanol–water partition coefficient (Wildman–Crippen LogP) is 3.71. The number of carbonyl (C=O) groups excluding carboxylic acids is 2. The first-order valence-electron chi connectivity index (χ1n) is 11.0. The fourth-order valence-corrected chi connectivity index (χ4v) is 6.06. The molecule has 1 aliphatic rings. The molecule has 1 aromatic heterocycles. The Kier molecular flexibility index (Phi) is 7.35. The van der Waals surface area contributed by atoms with E-state index in [-0.39, 0.29) is 34.2 Å². The average Bonchev–Trinajstić information content (AvgIpc) is 3.36. The van der Waals surface area contributed by atoms with Gasteiger partial charge in [-0.15, -0.1) is 10.2 Å². The van der Waals surface area contributed by atoms with Crippen LogP contribution in [-0.2, 0) is 14.8 Å². The fraction of sp³-hybridized carbons (Fsp3) is 0.304. The predicted molar refractivity (Wildman–Crippen MR) is 130 cm³/mol. The maximum atomic E-state index is 13.2. The number of benzene rings is 2. The van der Waals surface area contributed by atoms with Crippen LogP contribution in [0.1, 0.15) is 46.9 Å². The Morgan fingerprint density at radius 3 is 2.44 bits per heavy atom. The van der Waals surface area contributed by atoms with E-state index in [1.165, 1.54) is 27.8 Å². The van der Waals surface area contributed by atoms with Crippen molar-refractivity contribution in [2.45, 2.75) is 37.0 Å². The average molecular weight is 500 g/mol. The lowest BCUT2D eigenvalue weighted by molar-refractivity contribution is -0.115. The van der Waals surface area contributed by atoms with E-state index in [0.29, 0.717) is 35.8 Å². The highest BCUT2D eigenvalue weighted by Gasteiger charge is 2.33. The summed E-state index contributed by atoms with van der Waals surface area (Å²) < 4.78 is 27.9. The lowest BCUT2D eigenvalue weighted by Gasteiger charge is -2.30. The van der Waals surface area contributed by atoms with E-state index in [1.807, 2.05) is 18.2 Å². The molecule has 1 aliphatic heterocycles. The largest absolute Gasteiger partial charge is 0.326 e. The third-order valence-electron chi connectivity index (χ3n) is 5.50. The highest BCUT2D eigenvalue weighted by Crippen LogP contribution is 2.32. The molecule has 0 saturated carbocycles. The minimum Gasteiger partial charge on any atom is -0.326 e. The van der Waals surface area contributed by atoms with Crippen molar-refractivity contribution in [3.8, 4) is 0 Å². The Bertz CT molecular complexity index is 1260. The van der Waals surface area contributed by atoms with Gasteiger partial charge in [-0.05, 0) is 49.2 Å². The van der Waals surface area contributed by atoms with Gasteiger partial charge in [-0.1, -0.05) is 36.5 Å². The van der Waals surface area contributed by atoms with Crippen molar-refractivity contribution in [2.24, 2.45) is 0 Å². The van der Waals surface area contributed by atoms with E-state index >= 15 is 0 Å². The molecule has 1 saturated heterocycles. The van der Waals surface area contributed by atoms with E-state index < -0.39 is 10.0 Å². The lowest BCUT2D eigenvalue weighted by atomic mass is 10.0. The molecule has 4 rings (SSSR count). The molecule has 0 radical (unpaired) electrons. The van der Waals surface area contributed by atoms with Crippen LogP contribution in [0.15, 0.2) is 59.5 Å². The molecule has 9 nitrogen and oxygen atoms in total. The first kappa shape index (κ1) is 24.0. The number of rotatable bonds is 7. The molecule has 0 spiro atoms. The van der Waals surface area contributed by atoms with Crippen molar-refractivity contribution in [3.63, 3.8) is 0 Å². The summed E-state index contributed by atoms with van der Waals surface area (Å²) in [4.78, 5) is 24.2. The monoisotopic (exact) mass is 499 g/mol. The summed E-state index contributed by atoms with van der Waals surface area (Å²) in [5.74, 6) is -0.615. The number of hydrogen-bond acceptors (Lipinski definition) is 7. The van der Waals surface area contributed by atoms with Gasteiger partial charge in [0, 0.05) is 36.8 Å². The SMILES string of the molecule is CCC(=O)Nc1ccc(S(=O)(=O)N2CCCC(c3nnc(C(=O)Nc4ccccc4)s3)C2)cc1. The highest BCUT2D eigenvalue weighted by molar-refractivity contribution is 7.89. The number of para-hydroxylation sites is 1. The van der Waals surface area contributed by atoms with E-state index in [0.717, 1.165) is 6.42 Å². The van der Waals surface area contributed by atoms with Gasteiger partial charge in [-0.3, -0.25) is 9.59 Å². The van der Waals surface area contributed by atoms with Crippen molar-refractivity contribution in [3.05, 3.63) is 64.6 Å². The zero-order valence-electron chi connectivity index (χ0n) is 18.6. The number of anilines is 2. The molecule has 11 heteroatoms. The second-order valence-electron chi connectivity index (χ2n) is 7.89.